The number of rotatable bonds is 9. The number of carbonyl (C=O) groups excluding carboxylic acids is 3. The van der Waals surface area contributed by atoms with Crippen LogP contribution in [0, 0.1) is 17.5 Å². The first-order valence-electron chi connectivity index (χ1n) is 9.34. The van der Waals surface area contributed by atoms with E-state index in [2.05, 4.69) is 5.32 Å². The molecule has 0 saturated carbocycles. The molecule has 0 radical (unpaired) electrons. The summed E-state index contributed by atoms with van der Waals surface area (Å²) in [5, 5.41) is 4.17. The fourth-order valence-electron chi connectivity index (χ4n) is 2.61. The molecule has 1 atom stereocenters. The molecule has 0 fully saturated rings. The summed E-state index contributed by atoms with van der Waals surface area (Å²) in [6, 6.07) is 4.13. The second-order valence-corrected chi connectivity index (χ2v) is 6.45. The third-order valence-electron chi connectivity index (χ3n) is 4.29. The van der Waals surface area contributed by atoms with Crippen LogP contribution < -0.4 is 24.8 Å². The van der Waals surface area contributed by atoms with Crippen LogP contribution in [0.4, 0.5) is 18.9 Å². The van der Waals surface area contributed by atoms with Crippen molar-refractivity contribution in [2.45, 2.75) is 13.0 Å². The molecule has 12 heteroatoms. The highest BCUT2D eigenvalue weighted by Crippen LogP contribution is 2.38. The molecule has 0 heterocycles. The van der Waals surface area contributed by atoms with Crippen molar-refractivity contribution < 1.29 is 46.5 Å². The fourth-order valence-corrected chi connectivity index (χ4v) is 2.61. The van der Waals surface area contributed by atoms with Crippen molar-refractivity contribution in [3.05, 3.63) is 47.3 Å². The lowest BCUT2D eigenvalue weighted by molar-refractivity contribution is -0.130. The Labute approximate surface area is 186 Å². The number of halogens is 3. The lowest BCUT2D eigenvalue weighted by Crippen LogP contribution is -2.40. The molecular formula is C21H21F3N2O7. The van der Waals surface area contributed by atoms with E-state index >= 15 is 0 Å². The molecule has 33 heavy (non-hydrogen) atoms. The molecule has 2 rings (SSSR count). The second kappa shape index (κ2) is 11.1. The van der Waals surface area contributed by atoms with Crippen LogP contribution in [0.1, 0.15) is 17.3 Å². The molecule has 9 nitrogen and oxygen atoms in total. The Morgan fingerprint density at radius 1 is 0.939 bits per heavy atom. The van der Waals surface area contributed by atoms with Gasteiger partial charge in [0.1, 0.15) is 0 Å². The predicted molar refractivity (Wildman–Crippen MR) is 109 cm³/mol. The van der Waals surface area contributed by atoms with Crippen LogP contribution in [0.15, 0.2) is 24.3 Å². The van der Waals surface area contributed by atoms with E-state index in [1.54, 1.807) is 0 Å². The SMILES string of the molecule is COc1cc(C(=O)OC(C)C(=O)NCC(=O)Nc2ccc(F)c(F)c2F)cc(OC)c1OC. The van der Waals surface area contributed by atoms with E-state index in [4.69, 9.17) is 18.9 Å². The van der Waals surface area contributed by atoms with Crippen LogP contribution in [0.3, 0.4) is 0 Å². The van der Waals surface area contributed by atoms with Gasteiger partial charge < -0.3 is 29.6 Å². The van der Waals surface area contributed by atoms with Gasteiger partial charge >= 0.3 is 5.97 Å². The van der Waals surface area contributed by atoms with Crippen molar-refractivity contribution in [1.29, 1.82) is 0 Å². The highest BCUT2D eigenvalue weighted by Gasteiger charge is 2.23. The van der Waals surface area contributed by atoms with Crippen molar-refractivity contribution in [2.24, 2.45) is 0 Å². The fraction of sp³-hybridized carbons (Fsp3) is 0.286. The van der Waals surface area contributed by atoms with Gasteiger partial charge in [0.2, 0.25) is 11.7 Å². The molecule has 2 N–H and O–H groups in total. The number of nitrogens with one attached hydrogen (secondary N) is 2. The van der Waals surface area contributed by atoms with Crippen LogP contribution in [0.5, 0.6) is 17.2 Å². The summed E-state index contributed by atoms with van der Waals surface area (Å²) in [4.78, 5) is 36.5. The van der Waals surface area contributed by atoms with Gasteiger partial charge in [0.25, 0.3) is 5.91 Å². The third kappa shape index (κ3) is 6.05. The van der Waals surface area contributed by atoms with E-state index in [0.29, 0.717) is 6.07 Å². The van der Waals surface area contributed by atoms with Crippen molar-refractivity contribution in [3.63, 3.8) is 0 Å². The van der Waals surface area contributed by atoms with Gasteiger partial charge in [-0.25, -0.2) is 18.0 Å². The van der Waals surface area contributed by atoms with Gasteiger partial charge in [0, 0.05) is 0 Å². The topological polar surface area (TPSA) is 112 Å². The summed E-state index contributed by atoms with van der Waals surface area (Å²) < 4.78 is 60.3. The summed E-state index contributed by atoms with van der Waals surface area (Å²) in [5.41, 5.74) is -0.592. The number of esters is 1. The number of carbonyl (C=O) groups is 3. The Balaban J connectivity index is 1.97. The van der Waals surface area contributed by atoms with Gasteiger partial charge in [-0.3, -0.25) is 9.59 Å². The normalized spacial score (nSPS) is 11.2. The second-order valence-electron chi connectivity index (χ2n) is 6.45. The average molecular weight is 470 g/mol. The van der Waals surface area contributed by atoms with E-state index in [9.17, 15) is 27.6 Å². The predicted octanol–water partition coefficient (Wildman–Crippen LogP) is 2.43. The van der Waals surface area contributed by atoms with Gasteiger partial charge in [-0.1, -0.05) is 0 Å². The third-order valence-corrected chi connectivity index (χ3v) is 4.29. The zero-order valence-electron chi connectivity index (χ0n) is 18.1. The van der Waals surface area contributed by atoms with Gasteiger partial charge in [-0.2, -0.15) is 0 Å². The Morgan fingerprint density at radius 2 is 1.55 bits per heavy atom. The maximum Gasteiger partial charge on any atom is 0.339 e. The minimum Gasteiger partial charge on any atom is -0.493 e. The summed E-state index contributed by atoms with van der Waals surface area (Å²) in [6.45, 7) is 0.613. The van der Waals surface area contributed by atoms with E-state index in [1.165, 1.54) is 40.4 Å². The molecule has 0 aliphatic carbocycles. The van der Waals surface area contributed by atoms with E-state index in [1.807, 2.05) is 5.32 Å². The molecule has 0 aliphatic heterocycles. The smallest absolute Gasteiger partial charge is 0.339 e. The van der Waals surface area contributed by atoms with Crippen LogP contribution in [-0.2, 0) is 14.3 Å². The van der Waals surface area contributed by atoms with Gasteiger partial charge in [0.05, 0.1) is 39.1 Å². The molecule has 0 spiro atoms. The monoisotopic (exact) mass is 470 g/mol. The summed E-state index contributed by atoms with van der Waals surface area (Å²) in [5.74, 6) is -6.73. The molecule has 0 saturated heterocycles. The Hall–Kier alpha value is -3.96. The quantitative estimate of drug-likeness (QED) is 0.428. The molecule has 0 aliphatic rings. The molecule has 2 aromatic carbocycles. The van der Waals surface area contributed by atoms with Crippen molar-refractivity contribution in [3.8, 4) is 17.2 Å². The van der Waals surface area contributed by atoms with E-state index in [-0.39, 0.29) is 22.8 Å². The minimum atomic E-state index is -1.75. The number of methoxy groups -OCH3 is 3. The zero-order valence-corrected chi connectivity index (χ0v) is 18.1. The first-order valence-corrected chi connectivity index (χ1v) is 9.34. The first kappa shape index (κ1) is 25.3. The highest BCUT2D eigenvalue weighted by molar-refractivity contribution is 5.96. The lowest BCUT2D eigenvalue weighted by Gasteiger charge is -2.16. The molecule has 1 unspecified atom stereocenters. The molecule has 2 amide bonds. The highest BCUT2D eigenvalue weighted by atomic mass is 19.2. The Morgan fingerprint density at radius 3 is 2.09 bits per heavy atom. The number of amides is 2. The zero-order chi connectivity index (χ0) is 24.7. The standard InChI is InChI=1S/C21H21F3N2O7/c1-10(33-21(29)11-7-14(30-2)19(32-4)15(8-11)31-3)20(28)25-9-16(27)26-13-6-5-12(22)17(23)18(13)24/h5-8,10H,9H2,1-4H3,(H,25,28)(H,26,27). The summed E-state index contributed by atoms with van der Waals surface area (Å²) in [7, 11) is 4.11. The molecular weight excluding hydrogens is 449 g/mol. The molecule has 0 bridgehead atoms. The number of benzene rings is 2. The Bertz CT molecular complexity index is 1040. The van der Waals surface area contributed by atoms with Gasteiger partial charge in [0.15, 0.2) is 35.1 Å². The van der Waals surface area contributed by atoms with Crippen molar-refractivity contribution >= 4 is 23.5 Å². The van der Waals surface area contributed by atoms with Gasteiger partial charge in [-0.05, 0) is 31.2 Å². The van der Waals surface area contributed by atoms with Crippen LogP contribution in [-0.4, -0.2) is 51.8 Å². The van der Waals surface area contributed by atoms with Gasteiger partial charge in [-0.15, -0.1) is 0 Å². The molecule has 0 aromatic heterocycles. The largest absolute Gasteiger partial charge is 0.493 e. The van der Waals surface area contributed by atoms with Crippen LogP contribution in [0.25, 0.3) is 0 Å². The minimum absolute atomic E-state index is 0.00991. The van der Waals surface area contributed by atoms with E-state index in [0.717, 1.165) is 6.07 Å². The molecule has 178 valence electrons. The van der Waals surface area contributed by atoms with Crippen LogP contribution in [0.2, 0.25) is 0 Å². The summed E-state index contributed by atoms with van der Waals surface area (Å²) >= 11 is 0. The van der Waals surface area contributed by atoms with Crippen LogP contribution >= 0.6 is 0 Å². The summed E-state index contributed by atoms with van der Waals surface area (Å²) in [6.07, 6.45) is -1.32. The van der Waals surface area contributed by atoms with E-state index < -0.39 is 53.6 Å². The number of hydrogen-bond donors (Lipinski definition) is 2. The van der Waals surface area contributed by atoms with Crippen molar-refractivity contribution in [1.82, 2.24) is 5.32 Å². The first-order chi connectivity index (χ1) is 15.6. The average Bonchev–Trinajstić information content (AvgIpc) is 2.81. The maximum absolute atomic E-state index is 13.6. The maximum atomic E-state index is 13.6. The lowest BCUT2D eigenvalue weighted by atomic mass is 10.2. The number of hydrogen-bond acceptors (Lipinski definition) is 7. The Kier molecular flexibility index (Phi) is 8.49. The number of ether oxygens (including phenoxy) is 4. The molecule has 2 aromatic rings. The number of anilines is 1. The van der Waals surface area contributed by atoms with Crippen molar-refractivity contribution in [2.75, 3.05) is 33.2 Å².